The van der Waals surface area contributed by atoms with Crippen molar-refractivity contribution in [2.45, 2.75) is 57.6 Å². The second-order valence-corrected chi connectivity index (χ2v) is 9.92. The van der Waals surface area contributed by atoms with E-state index in [0.29, 0.717) is 6.42 Å². The normalized spacial score (nSPS) is 13.8. The summed E-state index contributed by atoms with van der Waals surface area (Å²) in [5.41, 5.74) is 1.28. The third kappa shape index (κ3) is 7.74. The molecule has 2 amide bonds. The minimum Gasteiger partial charge on any atom is -0.449 e. The van der Waals surface area contributed by atoms with E-state index in [1.807, 2.05) is 48.5 Å². The summed E-state index contributed by atoms with van der Waals surface area (Å²) in [7, 11) is 0. The first kappa shape index (κ1) is 28.1. The molecule has 0 saturated heterocycles. The smallest absolute Gasteiger partial charge is 0.449 e. The SMILES string of the molecule is CC(C)(C)OC(=O)NCCCC[C@H](NC(=O)OCC1c2ccccc2-c2ccccc21)C(=O)[B-](F)(F)F. The summed E-state index contributed by atoms with van der Waals surface area (Å²) in [6.07, 6.45) is -1.54. The van der Waals surface area contributed by atoms with Gasteiger partial charge in [-0.1, -0.05) is 48.5 Å². The van der Waals surface area contributed by atoms with Crippen LogP contribution in [0.25, 0.3) is 11.1 Å². The van der Waals surface area contributed by atoms with Crippen LogP contribution in [0, 0.1) is 0 Å². The first-order valence-electron chi connectivity index (χ1n) is 12.2. The van der Waals surface area contributed by atoms with E-state index in [1.165, 1.54) is 0 Å². The number of alkyl carbamates (subject to hydrolysis) is 2. The van der Waals surface area contributed by atoms with E-state index in [0.717, 1.165) is 22.3 Å². The lowest BCUT2D eigenvalue weighted by atomic mass is 9.78. The Kier molecular flexibility index (Phi) is 8.88. The number of unbranched alkanes of at least 4 members (excludes halogenated alkanes) is 1. The zero-order valence-corrected chi connectivity index (χ0v) is 21.1. The summed E-state index contributed by atoms with van der Waals surface area (Å²) >= 11 is 0. The Balaban J connectivity index is 1.55. The second-order valence-electron chi connectivity index (χ2n) is 9.92. The summed E-state index contributed by atoms with van der Waals surface area (Å²) in [6, 6.07) is 13.6. The molecule has 1 aliphatic carbocycles. The fourth-order valence-corrected chi connectivity index (χ4v) is 4.27. The van der Waals surface area contributed by atoms with Crippen molar-refractivity contribution in [2.75, 3.05) is 13.2 Å². The van der Waals surface area contributed by atoms with Crippen LogP contribution in [-0.4, -0.2) is 49.6 Å². The Labute approximate surface area is 214 Å². The van der Waals surface area contributed by atoms with Gasteiger partial charge in [0.05, 0.1) is 11.7 Å². The molecule has 0 fully saturated rings. The molecule has 2 aromatic rings. The molecular weight excluding hydrogens is 488 g/mol. The predicted octanol–water partition coefficient (Wildman–Crippen LogP) is 5.54. The van der Waals surface area contributed by atoms with Crippen molar-refractivity contribution in [1.82, 2.24) is 10.6 Å². The fraction of sp³-hybridized carbons (Fsp3) is 0.423. The highest BCUT2D eigenvalue weighted by Gasteiger charge is 2.39. The average molecular weight is 519 g/mol. The molecule has 0 spiro atoms. The monoisotopic (exact) mass is 519 g/mol. The van der Waals surface area contributed by atoms with Gasteiger partial charge in [0.15, 0.2) is 0 Å². The first-order chi connectivity index (χ1) is 17.4. The lowest BCUT2D eigenvalue weighted by Crippen LogP contribution is -2.49. The van der Waals surface area contributed by atoms with Crippen LogP contribution >= 0.6 is 0 Å². The standard InChI is InChI=1S/C26H31BF3N2O5/c1-26(2,3)37-24(34)31-15-9-8-14-22(23(33)27(28,29)30)32-25(35)36-16-21-19-12-6-4-10-17(19)18-11-5-7-13-20(18)21/h4-7,10-13,21-22H,8-9,14-16H2,1-3H3,(H,31,34)(H,32,35)/q-1/t22-/m0/s1. The molecule has 0 bridgehead atoms. The maximum absolute atomic E-state index is 13.2. The highest BCUT2D eigenvalue weighted by atomic mass is 19.4. The molecule has 0 saturated carbocycles. The van der Waals surface area contributed by atoms with E-state index < -0.39 is 36.5 Å². The molecule has 2 N–H and O–H groups in total. The van der Waals surface area contributed by atoms with E-state index in [4.69, 9.17) is 9.47 Å². The quantitative estimate of drug-likeness (QED) is 0.318. The number of ether oxygens (including phenoxy) is 2. The summed E-state index contributed by atoms with van der Waals surface area (Å²) in [5, 5.41) is 4.60. The van der Waals surface area contributed by atoms with Gasteiger partial charge in [0.1, 0.15) is 12.2 Å². The van der Waals surface area contributed by atoms with Gasteiger partial charge in [0, 0.05) is 12.5 Å². The fourth-order valence-electron chi connectivity index (χ4n) is 4.27. The largest absolute Gasteiger partial charge is 0.546 e. The Morgan fingerprint density at radius 2 is 1.49 bits per heavy atom. The van der Waals surface area contributed by atoms with Crippen LogP contribution in [0.4, 0.5) is 22.5 Å². The number of halogens is 3. The molecule has 3 rings (SSSR count). The molecule has 37 heavy (non-hydrogen) atoms. The number of benzene rings is 2. The van der Waals surface area contributed by atoms with Gasteiger partial charge in [0.2, 0.25) is 0 Å². The van der Waals surface area contributed by atoms with Gasteiger partial charge < -0.3 is 37.8 Å². The van der Waals surface area contributed by atoms with Gasteiger partial charge in [-0.15, -0.1) is 0 Å². The molecular formula is C26H31BF3N2O5-. The second kappa shape index (κ2) is 11.7. The summed E-state index contributed by atoms with van der Waals surface area (Å²) in [6.45, 7) is -0.624. The lowest BCUT2D eigenvalue weighted by Gasteiger charge is -2.24. The molecule has 2 aromatic carbocycles. The Morgan fingerprint density at radius 3 is 2.03 bits per heavy atom. The Hall–Kier alpha value is -3.50. The van der Waals surface area contributed by atoms with Crippen molar-refractivity contribution in [1.29, 1.82) is 0 Å². The van der Waals surface area contributed by atoms with Gasteiger partial charge >= 0.3 is 19.2 Å². The van der Waals surface area contributed by atoms with Crippen LogP contribution in [0.3, 0.4) is 0 Å². The summed E-state index contributed by atoms with van der Waals surface area (Å²) < 4.78 is 50.0. The van der Waals surface area contributed by atoms with Crippen molar-refractivity contribution < 1.29 is 36.8 Å². The third-order valence-corrected chi connectivity index (χ3v) is 5.89. The van der Waals surface area contributed by atoms with E-state index in [9.17, 15) is 27.3 Å². The predicted molar refractivity (Wildman–Crippen MR) is 134 cm³/mol. The van der Waals surface area contributed by atoms with Crippen molar-refractivity contribution >= 4 is 24.8 Å². The van der Waals surface area contributed by atoms with Crippen LogP contribution in [0.15, 0.2) is 48.5 Å². The Bertz CT molecular complexity index is 1090. The zero-order valence-electron chi connectivity index (χ0n) is 21.1. The van der Waals surface area contributed by atoms with Crippen molar-refractivity contribution in [3.05, 3.63) is 59.7 Å². The first-order valence-corrected chi connectivity index (χ1v) is 12.2. The van der Waals surface area contributed by atoms with Gasteiger partial charge in [-0.05, 0) is 62.3 Å². The number of amides is 2. The number of carbonyl (C=O) groups excluding carboxylic acids is 3. The van der Waals surface area contributed by atoms with Crippen LogP contribution in [0.2, 0.25) is 0 Å². The molecule has 0 aromatic heterocycles. The van der Waals surface area contributed by atoms with Crippen LogP contribution in [0.1, 0.15) is 57.1 Å². The molecule has 0 unspecified atom stereocenters. The van der Waals surface area contributed by atoms with Gasteiger partial charge in [-0.3, -0.25) is 0 Å². The average Bonchev–Trinajstić information content (AvgIpc) is 3.13. The number of hydrogen-bond donors (Lipinski definition) is 2. The third-order valence-electron chi connectivity index (χ3n) is 5.89. The molecule has 7 nitrogen and oxygen atoms in total. The van der Waals surface area contributed by atoms with Crippen molar-refractivity contribution in [3.8, 4) is 11.1 Å². The molecule has 0 heterocycles. The summed E-state index contributed by atoms with van der Waals surface area (Å²) in [4.78, 5) is 36.1. The molecule has 200 valence electrons. The molecule has 1 aliphatic rings. The van der Waals surface area contributed by atoms with E-state index in [-0.39, 0.29) is 31.9 Å². The maximum atomic E-state index is 13.2. The molecule has 0 aliphatic heterocycles. The van der Waals surface area contributed by atoms with Gasteiger partial charge in [0.25, 0.3) is 0 Å². The van der Waals surface area contributed by atoms with Crippen LogP contribution in [0.5, 0.6) is 0 Å². The van der Waals surface area contributed by atoms with Crippen LogP contribution in [-0.2, 0) is 14.3 Å². The van der Waals surface area contributed by atoms with Gasteiger partial charge in [-0.2, -0.15) is 0 Å². The topological polar surface area (TPSA) is 93.7 Å². The highest BCUT2D eigenvalue weighted by Crippen LogP contribution is 2.44. The summed E-state index contributed by atoms with van der Waals surface area (Å²) in [5.74, 6) is -0.266. The number of rotatable bonds is 10. The van der Waals surface area contributed by atoms with E-state index >= 15 is 0 Å². The highest BCUT2D eigenvalue weighted by molar-refractivity contribution is 6.91. The van der Waals surface area contributed by atoms with E-state index in [2.05, 4.69) is 10.6 Å². The number of fused-ring (bicyclic) bond motifs is 3. The Morgan fingerprint density at radius 1 is 0.919 bits per heavy atom. The minimum absolute atomic E-state index is 0.0856. The zero-order chi connectivity index (χ0) is 27.2. The minimum atomic E-state index is -5.80. The van der Waals surface area contributed by atoms with Crippen molar-refractivity contribution in [2.24, 2.45) is 0 Å². The molecule has 1 atom stereocenters. The number of nitrogens with one attached hydrogen (secondary N) is 2. The molecule has 11 heteroatoms. The molecule has 0 radical (unpaired) electrons. The van der Waals surface area contributed by atoms with Gasteiger partial charge in [-0.25, -0.2) is 9.59 Å². The lowest BCUT2D eigenvalue weighted by molar-refractivity contribution is -0.116. The number of hydrogen-bond acceptors (Lipinski definition) is 5. The van der Waals surface area contributed by atoms with E-state index in [1.54, 1.807) is 20.8 Å². The number of carbonyl (C=O) groups is 3. The van der Waals surface area contributed by atoms with Crippen LogP contribution < -0.4 is 10.6 Å². The maximum Gasteiger partial charge on any atom is 0.546 e. The van der Waals surface area contributed by atoms with Crippen molar-refractivity contribution in [3.63, 3.8) is 0 Å².